The predicted octanol–water partition coefficient (Wildman–Crippen LogP) is 8.48. The average Bonchev–Trinajstić information content (AvgIpc) is 1.38. The number of nitro groups is 1. The molecule has 0 aliphatic rings. The Morgan fingerprint density at radius 2 is 1.03 bits per heavy atom. The van der Waals surface area contributed by atoms with Crippen LogP contribution in [-0.2, 0) is 79.5 Å². The van der Waals surface area contributed by atoms with E-state index < -0.39 is 212 Å². The molecule has 93 heavy (non-hydrogen) atoms. The molecule has 0 aliphatic heterocycles. The van der Waals surface area contributed by atoms with Gasteiger partial charge in [-0.1, -0.05) is 10.1 Å². The second-order valence-corrected chi connectivity index (χ2v) is 27.2. The van der Waals surface area contributed by atoms with Gasteiger partial charge in [0.25, 0.3) is 66.4 Å². The molecule has 0 atom stereocenters. The number of nitrogen functional groups attached to an aromatic ring is 1. The van der Waals surface area contributed by atoms with E-state index in [1.165, 1.54) is 0 Å². The first-order valence-electron chi connectivity index (χ1n) is 23.1. The van der Waals surface area contributed by atoms with E-state index in [1.54, 1.807) is 0 Å². The quantitative estimate of drug-likeness (QED) is 0.00543. The summed E-state index contributed by atoms with van der Waals surface area (Å²) >= 11 is -0.176. The maximum atomic E-state index is 13.2. The van der Waals surface area contributed by atoms with Crippen molar-refractivity contribution in [3.8, 4) is 23.1 Å². The van der Waals surface area contributed by atoms with Crippen molar-refractivity contribution in [2.24, 2.45) is 40.9 Å². The van der Waals surface area contributed by atoms with Gasteiger partial charge in [0.05, 0.1) is 60.5 Å². The van der Waals surface area contributed by atoms with Crippen molar-refractivity contribution < 1.29 is 137 Å². The summed E-state index contributed by atoms with van der Waals surface area (Å²) in [5.74, 6) is -5.78. The van der Waals surface area contributed by atoms with Crippen molar-refractivity contribution in [2.75, 3.05) is 5.73 Å². The number of carbonyl (C=O) groups is 1. The third-order valence-corrected chi connectivity index (χ3v) is 18.4. The molecule has 0 saturated heterocycles. The van der Waals surface area contributed by atoms with Crippen molar-refractivity contribution in [1.82, 2.24) is 9.78 Å². The van der Waals surface area contributed by atoms with Gasteiger partial charge in [-0.25, -0.2) is 15.3 Å². The third-order valence-electron chi connectivity index (χ3n) is 11.8. The van der Waals surface area contributed by atoms with Gasteiger partial charge in [0.1, 0.15) is 64.3 Å². The van der Waals surface area contributed by atoms with Crippen LogP contribution in [0.5, 0.6) is 17.4 Å². The molecule has 8 aromatic rings. The van der Waals surface area contributed by atoms with Crippen molar-refractivity contribution in [2.45, 2.75) is 39.2 Å². The predicted molar refractivity (Wildman–Crippen MR) is 304 cm³/mol. The molecule has 0 fully saturated rings. The number of nitrogens with zero attached hydrogens (tertiary/aromatic N) is 11. The summed E-state index contributed by atoms with van der Waals surface area (Å²) in [6.45, 7) is 0. The fourth-order valence-electron chi connectivity index (χ4n) is 7.96. The Bertz CT molecular complexity index is 5360. The number of aromatic carboxylic acids is 1. The lowest BCUT2D eigenvalue weighted by Crippen LogP contribution is -2.03. The average molecular weight is 1450 g/mol. The van der Waals surface area contributed by atoms with Gasteiger partial charge in [-0.05, 0) is 72.8 Å². The molecule has 0 unspecified atom stereocenters. The minimum atomic E-state index is -5.83. The van der Waals surface area contributed by atoms with Crippen molar-refractivity contribution in [3.05, 3.63) is 101 Å². The van der Waals surface area contributed by atoms with Gasteiger partial charge in [0.2, 0.25) is 11.6 Å². The molecular weight excluding hydrogens is 1430 g/mol. The maximum absolute atomic E-state index is 13.2. The van der Waals surface area contributed by atoms with Gasteiger partial charge in [-0.3, -0.25) is 37.4 Å². The number of anilines is 1. The van der Waals surface area contributed by atoms with E-state index in [0.717, 1.165) is 30.3 Å². The largest absolute Gasteiger partial charge is 0.505 e. The van der Waals surface area contributed by atoms with E-state index in [9.17, 15) is 113 Å². The lowest BCUT2D eigenvalue weighted by molar-refractivity contribution is -0.432. The maximum Gasteiger partial charge on any atom is 0.358 e. The highest BCUT2D eigenvalue weighted by atomic mass is 32.2. The number of aromatic nitrogens is 2. The second kappa shape index (κ2) is 26.0. The molecule has 0 amide bonds. The zero-order valence-electron chi connectivity index (χ0n) is 44.0. The molecule has 0 saturated carbocycles. The van der Waals surface area contributed by atoms with E-state index in [1.807, 2.05) is 0 Å². The zero-order chi connectivity index (χ0) is 68.8. The summed E-state index contributed by atoms with van der Waals surface area (Å²) in [7, 11) is -32.8. The van der Waals surface area contributed by atoms with Crippen LogP contribution in [0.2, 0.25) is 0 Å². The lowest BCUT2D eigenvalue weighted by Gasteiger charge is -2.15. The van der Waals surface area contributed by atoms with Crippen LogP contribution >= 0.6 is 24.1 Å². The van der Waals surface area contributed by atoms with Gasteiger partial charge in [0.15, 0.2) is 17.2 Å². The van der Waals surface area contributed by atoms with E-state index in [2.05, 4.69) is 64.8 Å². The molecular formula is C42H28N12O31S8. The Balaban J connectivity index is 1.26. The van der Waals surface area contributed by atoms with Crippen LogP contribution in [0.4, 0.5) is 56.9 Å². The number of fused-ring (bicyclic) bond motifs is 2. The molecule has 51 heteroatoms. The number of non-ortho nitro benzene ring substituents is 1. The topological polar surface area (TPSA) is 687 Å². The molecule has 8 rings (SSSR count). The number of hydrogen-bond acceptors (Lipinski definition) is 36. The van der Waals surface area contributed by atoms with E-state index in [-0.39, 0.29) is 35.8 Å². The molecule has 14 N–H and O–H groups in total. The number of nitrogens with two attached hydrogens (primary N) is 1. The first-order valence-corrected chi connectivity index (χ1v) is 33.2. The lowest BCUT2D eigenvalue weighted by atomic mass is 10.0. The minimum absolute atomic E-state index is 0.0687. The number of carboxylic acid groups (broad SMARTS) is 1. The Morgan fingerprint density at radius 3 is 1.59 bits per heavy atom. The highest BCUT2D eigenvalue weighted by Gasteiger charge is 2.32. The van der Waals surface area contributed by atoms with Crippen LogP contribution in [0.3, 0.4) is 0 Å². The third kappa shape index (κ3) is 14.8. The van der Waals surface area contributed by atoms with Gasteiger partial charge in [0, 0.05) is 28.3 Å². The SMILES string of the molecule is Nc1c(N=Nc2ccc3c(O)c(N=Nc4cc(S(=O)(=O)O)c(N=Nc5c(C(=O)O)nn(-c6ccc(S(=O)(=O)O)cc6)c5O)cc4SOOO)c(S(=O)(=O)O)cc3c2S(=O)(=O)O)cc(S(=O)(=O)O)c2cc(SOOO)c(N=Nc3ccc([N+](=O)[O-])cc3S(=O)(=O)O)c(O)c12. The number of nitro benzene ring substituents is 1. The summed E-state index contributed by atoms with van der Waals surface area (Å²) in [5.41, 5.74) is -4.82. The summed E-state index contributed by atoms with van der Waals surface area (Å²) in [4.78, 5) is 13.7. The fraction of sp³-hybridized carbons (Fsp3) is 0. The van der Waals surface area contributed by atoms with Crippen LogP contribution in [0, 0.1) is 10.1 Å². The van der Waals surface area contributed by atoms with E-state index in [4.69, 9.17) is 16.2 Å². The minimum Gasteiger partial charge on any atom is -0.505 e. The number of hydrogen-bond donors (Lipinski definition) is 13. The summed E-state index contributed by atoms with van der Waals surface area (Å²) < 4.78 is 221. The van der Waals surface area contributed by atoms with Crippen molar-refractivity contribution in [3.63, 3.8) is 0 Å². The number of phenols is 2. The molecule has 0 radical (unpaired) electrons. The van der Waals surface area contributed by atoms with Crippen LogP contribution < -0.4 is 5.73 Å². The van der Waals surface area contributed by atoms with Crippen LogP contribution in [0.15, 0.2) is 165 Å². The smallest absolute Gasteiger partial charge is 0.358 e. The van der Waals surface area contributed by atoms with Crippen LogP contribution in [0.25, 0.3) is 27.2 Å². The number of benzene rings is 7. The van der Waals surface area contributed by atoms with Crippen molar-refractivity contribution in [1.29, 1.82) is 0 Å². The van der Waals surface area contributed by atoms with E-state index >= 15 is 0 Å². The summed E-state index contributed by atoms with van der Waals surface area (Å²) in [5, 5.41) is 109. The monoisotopic (exact) mass is 1450 g/mol. The number of rotatable bonds is 23. The molecule has 0 spiro atoms. The number of carboxylic acids is 1. The van der Waals surface area contributed by atoms with Crippen LogP contribution in [-0.4, -0.2) is 129 Å². The Morgan fingerprint density at radius 1 is 0.516 bits per heavy atom. The van der Waals surface area contributed by atoms with Gasteiger partial charge >= 0.3 is 5.97 Å². The van der Waals surface area contributed by atoms with Gasteiger partial charge in [-0.15, -0.1) is 49.6 Å². The molecule has 490 valence electrons. The highest BCUT2D eigenvalue weighted by molar-refractivity contribution is 7.95. The van der Waals surface area contributed by atoms with Crippen molar-refractivity contribution >= 4 is 169 Å². The molecule has 1 aromatic heterocycles. The summed E-state index contributed by atoms with van der Waals surface area (Å²) in [6, 6.07) is 8.97. The Kier molecular flexibility index (Phi) is 19.4. The highest BCUT2D eigenvalue weighted by Crippen LogP contribution is 2.52. The Labute approximate surface area is 522 Å². The number of phenolic OH excluding ortho intramolecular Hbond substituents is 2. The molecule has 0 aliphatic carbocycles. The normalized spacial score (nSPS) is 13.0. The van der Waals surface area contributed by atoms with Gasteiger partial charge in [-0.2, -0.15) is 60.3 Å². The molecule has 7 aromatic carbocycles. The first kappa shape index (κ1) is 69.5. The fourth-order valence-corrected chi connectivity index (χ4v) is 12.8. The number of aromatic hydroxyl groups is 3. The summed E-state index contributed by atoms with van der Waals surface area (Å²) in [6.07, 6.45) is 0. The molecule has 43 nitrogen and oxygen atoms in total. The van der Waals surface area contributed by atoms with E-state index in [0.29, 0.717) is 53.2 Å². The van der Waals surface area contributed by atoms with Gasteiger partial charge < -0.3 is 26.2 Å². The number of azo groups is 4. The zero-order valence-corrected chi connectivity index (χ0v) is 50.5. The molecule has 0 bridgehead atoms. The first-order chi connectivity index (χ1) is 43.2. The Hall–Kier alpha value is -9.34. The molecule has 1 heterocycles. The second-order valence-electron chi connectivity index (χ2n) is 17.4. The standard InChI is InChI=1S/C42H28N12O31S8/c43-33-25(14-28(89(67,68)69)20-10-27(87-85-83-63)34(39(56)32(20)33)49-44-21-7-3-16(54(60)61)9-29(21)90(70,71)72)48-45-22-8-6-18-19(40(22)93(79,80)81)11-31(92(76,77)78)35(38(18)55)50-46-23-13-30(91(73,74)75)24(12-26(23)86-84-82-62)47-51-36-37(42(58)59)52-53(41(36)57)15-1-4-17(5-2-15)88(64,65)66/h1-14,55-57,62-63H,43H2,(H,58,59)(H,64,65,66)(H,67,68,69)(H,70,71,72)(H,73,74,75)(H,76,77,78)(H,79,80,81). The van der Waals surface area contributed by atoms with Crippen LogP contribution in [0.1, 0.15) is 10.5 Å².